The topological polar surface area (TPSA) is 35.2 Å². The van der Waals surface area contributed by atoms with Crippen LogP contribution in [0.3, 0.4) is 0 Å². The van der Waals surface area contributed by atoms with Gasteiger partial charge in [0.1, 0.15) is 0 Å². The molecule has 0 saturated heterocycles. The van der Waals surface area contributed by atoms with E-state index in [1.807, 2.05) is 0 Å². The van der Waals surface area contributed by atoms with Gasteiger partial charge in [0.15, 0.2) is 0 Å². The number of ether oxygens (including phenoxy) is 1. The Balaban J connectivity index is 0. The summed E-state index contributed by atoms with van der Waals surface area (Å²) in [4.78, 5) is 0. The molecule has 0 amide bonds. The molecule has 0 spiro atoms. The van der Waals surface area contributed by atoms with Crippen LogP contribution in [-0.4, -0.2) is 18.8 Å². The Kier molecular flexibility index (Phi) is 14.0. The van der Waals surface area contributed by atoms with Crippen LogP contribution in [0, 0.1) is 6.08 Å². The van der Waals surface area contributed by atoms with Crippen molar-refractivity contribution in [1.29, 1.82) is 0 Å². The van der Waals surface area contributed by atoms with Gasteiger partial charge >= 0.3 is 21.7 Å². The van der Waals surface area contributed by atoms with Gasteiger partial charge in [-0.3, -0.25) is 6.08 Å². The molecule has 0 aromatic heterocycles. The maximum Gasteiger partial charge on any atom is 3.00 e. The van der Waals surface area contributed by atoms with E-state index in [0.717, 1.165) is 38.7 Å². The number of rotatable bonds is 7. The van der Waals surface area contributed by atoms with Gasteiger partial charge in [-0.25, -0.2) is 11.6 Å². The quantitative estimate of drug-likeness (QED) is 0.302. The second-order valence-electron chi connectivity index (χ2n) is 5.21. The second-order valence-corrected chi connectivity index (χ2v) is 5.21. The van der Waals surface area contributed by atoms with Crippen LogP contribution in [0.2, 0.25) is 0 Å². The van der Waals surface area contributed by atoms with Crippen molar-refractivity contribution in [3.8, 4) is 0 Å². The Morgan fingerprint density at radius 1 is 1.32 bits per heavy atom. The van der Waals surface area contributed by atoms with Crippen LogP contribution in [-0.2, 0) is 26.5 Å². The van der Waals surface area contributed by atoms with Crippen molar-refractivity contribution in [2.75, 3.05) is 13.2 Å². The molecule has 1 unspecified atom stereocenters. The van der Waals surface area contributed by atoms with E-state index < -0.39 is 0 Å². The predicted molar refractivity (Wildman–Crippen MR) is 79.6 cm³/mol. The van der Waals surface area contributed by atoms with Crippen molar-refractivity contribution in [3.63, 3.8) is 0 Å². The van der Waals surface area contributed by atoms with Gasteiger partial charge < -0.3 is 35.3 Å². The Morgan fingerprint density at radius 2 is 2.09 bits per heavy atom. The number of hydrogen-bond donors (Lipinski definition) is 1. The first-order chi connectivity index (χ1) is 9.30. The Labute approximate surface area is 162 Å². The average Bonchev–Trinajstić information content (AvgIpc) is 2.92. The van der Waals surface area contributed by atoms with Crippen LogP contribution in [0.4, 0.5) is 0 Å². The van der Waals surface area contributed by atoms with E-state index in [9.17, 15) is 0 Å². The van der Waals surface area contributed by atoms with E-state index in [1.165, 1.54) is 11.1 Å². The first-order valence-electron chi connectivity index (χ1n) is 7.27. The normalized spacial score (nSPS) is 22.1. The molecule has 2 N–H and O–H groups in total. The number of nitrogens with two attached hydrogens (primary N) is 1. The maximum atomic E-state index is 6.28. The van der Waals surface area contributed by atoms with Crippen molar-refractivity contribution < 1.29 is 51.3 Å². The van der Waals surface area contributed by atoms with Crippen LogP contribution >= 0.6 is 0 Å². The standard InChI is InChI=1S/C17H24NO.2ClH.Ti/c1-2-3-12-19-17(13-15-8-4-5-9-15)11-7-6-10-16(17)14-18;;;/h4,6-8,10H,2-3,5,11-14,18H2,1H3;2*1H;/q-1;;;+3/p-2. The fourth-order valence-corrected chi connectivity index (χ4v) is 2.66. The number of halogens is 2. The van der Waals surface area contributed by atoms with Crippen LogP contribution in [0.5, 0.6) is 0 Å². The monoisotopic (exact) mass is 376 g/mol. The van der Waals surface area contributed by atoms with E-state index in [1.54, 1.807) is 0 Å². The summed E-state index contributed by atoms with van der Waals surface area (Å²) in [6.45, 7) is 3.55. The molecule has 0 saturated carbocycles. The second kappa shape index (κ2) is 12.6. The van der Waals surface area contributed by atoms with Gasteiger partial charge in [-0.15, -0.1) is 6.42 Å². The van der Waals surface area contributed by atoms with Crippen molar-refractivity contribution in [2.45, 2.75) is 44.6 Å². The molecule has 121 valence electrons. The molecule has 2 aliphatic carbocycles. The number of unbranched alkanes of at least 4 members (excludes halogenated alkanes) is 1. The first kappa shape index (κ1) is 24.4. The number of hydrogen-bond acceptors (Lipinski definition) is 2. The summed E-state index contributed by atoms with van der Waals surface area (Å²) in [5.41, 5.74) is 8.15. The zero-order valence-corrected chi connectivity index (χ0v) is 16.2. The van der Waals surface area contributed by atoms with Gasteiger partial charge in [0, 0.05) is 13.2 Å². The van der Waals surface area contributed by atoms with Crippen molar-refractivity contribution >= 4 is 0 Å². The fraction of sp³-hybridized carbons (Fsp3) is 0.529. The molecule has 1 atom stereocenters. The molecule has 22 heavy (non-hydrogen) atoms. The Hall–Kier alpha value is 0.174. The Bertz CT molecular complexity index is 432. The van der Waals surface area contributed by atoms with Crippen molar-refractivity contribution in [2.24, 2.45) is 5.73 Å². The molecule has 0 heterocycles. The summed E-state index contributed by atoms with van der Waals surface area (Å²) < 4.78 is 6.28. The molecule has 0 aliphatic heterocycles. The molecule has 2 aliphatic rings. The van der Waals surface area contributed by atoms with Crippen LogP contribution in [0.15, 0.2) is 41.5 Å². The molecule has 2 rings (SSSR count). The predicted octanol–water partition coefficient (Wildman–Crippen LogP) is -2.53. The Morgan fingerprint density at radius 3 is 2.68 bits per heavy atom. The van der Waals surface area contributed by atoms with Crippen LogP contribution < -0.4 is 30.5 Å². The van der Waals surface area contributed by atoms with Gasteiger partial charge in [0.05, 0.1) is 5.60 Å². The maximum absolute atomic E-state index is 6.28. The summed E-state index contributed by atoms with van der Waals surface area (Å²) >= 11 is 0. The summed E-state index contributed by atoms with van der Waals surface area (Å²) in [7, 11) is 0. The average molecular weight is 377 g/mol. The third-order valence-corrected chi connectivity index (χ3v) is 3.80. The van der Waals surface area contributed by atoms with Gasteiger partial charge in [-0.05, 0) is 24.8 Å². The molecule has 5 heteroatoms. The minimum atomic E-state index is -0.240. The first-order valence-corrected chi connectivity index (χ1v) is 7.27. The smallest absolute Gasteiger partial charge is 1.00 e. The number of allylic oxidation sites excluding steroid dienone is 5. The van der Waals surface area contributed by atoms with E-state index in [2.05, 4.69) is 43.4 Å². The molecule has 1 radical (unpaired) electrons. The van der Waals surface area contributed by atoms with Gasteiger partial charge in [-0.1, -0.05) is 31.6 Å². The van der Waals surface area contributed by atoms with Crippen molar-refractivity contribution in [3.05, 3.63) is 47.6 Å². The summed E-state index contributed by atoms with van der Waals surface area (Å²) in [6, 6.07) is 0. The molecule has 0 fully saturated rings. The summed E-state index contributed by atoms with van der Waals surface area (Å²) in [5, 5.41) is 0. The zero-order valence-electron chi connectivity index (χ0n) is 13.1. The summed E-state index contributed by atoms with van der Waals surface area (Å²) in [5.74, 6) is 0. The van der Waals surface area contributed by atoms with Gasteiger partial charge in [-0.2, -0.15) is 6.08 Å². The third-order valence-electron chi connectivity index (χ3n) is 3.80. The van der Waals surface area contributed by atoms with Crippen LogP contribution in [0.25, 0.3) is 0 Å². The van der Waals surface area contributed by atoms with E-state index in [0.29, 0.717) is 6.54 Å². The minimum Gasteiger partial charge on any atom is -1.00 e. The minimum absolute atomic E-state index is 0. The third kappa shape index (κ3) is 6.35. The van der Waals surface area contributed by atoms with E-state index in [-0.39, 0.29) is 52.1 Å². The molecular formula is C17H24Cl2NOTi. The largest absolute Gasteiger partial charge is 3.00 e. The van der Waals surface area contributed by atoms with E-state index >= 15 is 0 Å². The molecular weight excluding hydrogens is 353 g/mol. The SMILES string of the molecule is CCCCOC1(CC2=[C-]CC=C2)CC=CC=C1CN.[Cl-].[Cl-].[Ti+3]. The zero-order chi connectivity index (χ0) is 13.6. The van der Waals surface area contributed by atoms with Crippen LogP contribution in [0.1, 0.15) is 39.0 Å². The molecule has 0 aromatic carbocycles. The molecule has 0 aromatic rings. The van der Waals surface area contributed by atoms with Gasteiger partial charge in [0.2, 0.25) is 0 Å². The van der Waals surface area contributed by atoms with E-state index in [4.69, 9.17) is 10.5 Å². The van der Waals surface area contributed by atoms with Gasteiger partial charge in [0.25, 0.3) is 0 Å². The summed E-state index contributed by atoms with van der Waals surface area (Å²) in [6.07, 6.45) is 19.1. The molecule has 2 nitrogen and oxygen atoms in total. The van der Waals surface area contributed by atoms with Crippen molar-refractivity contribution in [1.82, 2.24) is 0 Å². The fourth-order valence-electron chi connectivity index (χ4n) is 2.66. The molecule has 0 bridgehead atoms.